The van der Waals surface area contributed by atoms with E-state index in [1.165, 1.54) is 5.56 Å². The number of nitrogens with zero attached hydrogens (tertiary/aromatic N) is 1. The van der Waals surface area contributed by atoms with E-state index in [4.69, 9.17) is 4.74 Å². The molecule has 1 N–H and O–H groups in total. The fourth-order valence-corrected chi connectivity index (χ4v) is 2.95. The van der Waals surface area contributed by atoms with Crippen LogP contribution >= 0.6 is 0 Å². The van der Waals surface area contributed by atoms with Gasteiger partial charge in [-0.1, -0.05) is 32.9 Å². The zero-order valence-corrected chi connectivity index (χ0v) is 15.6. The van der Waals surface area contributed by atoms with Crippen LogP contribution in [0.25, 0.3) is 0 Å². The van der Waals surface area contributed by atoms with Gasteiger partial charge in [0.25, 0.3) is 5.91 Å². The number of hydrogen-bond acceptors (Lipinski definition) is 3. The SMILES string of the molecule is CN1C(=O)Cc2cc(NC(=O)COc3ccc(C(C)(C)C)cc3)ccc21. The molecular formula is C21H24N2O3. The fourth-order valence-electron chi connectivity index (χ4n) is 2.95. The summed E-state index contributed by atoms with van der Waals surface area (Å²) in [6.07, 6.45) is 0.367. The summed E-state index contributed by atoms with van der Waals surface area (Å²) in [6.45, 7) is 6.39. The van der Waals surface area contributed by atoms with Crippen LogP contribution in [0, 0.1) is 0 Å². The molecule has 0 unspecified atom stereocenters. The molecule has 3 rings (SSSR count). The number of amides is 2. The first-order valence-electron chi connectivity index (χ1n) is 8.67. The molecule has 0 aliphatic carbocycles. The number of ether oxygens (including phenoxy) is 1. The molecule has 0 spiro atoms. The van der Waals surface area contributed by atoms with E-state index in [0.717, 1.165) is 11.3 Å². The van der Waals surface area contributed by atoms with Crippen molar-refractivity contribution in [3.05, 3.63) is 53.6 Å². The molecule has 5 nitrogen and oxygen atoms in total. The lowest BCUT2D eigenvalue weighted by Crippen LogP contribution is -2.20. The molecule has 0 radical (unpaired) electrons. The Bertz CT molecular complexity index is 835. The monoisotopic (exact) mass is 352 g/mol. The molecule has 0 saturated carbocycles. The summed E-state index contributed by atoms with van der Waals surface area (Å²) in [5, 5.41) is 2.81. The highest BCUT2D eigenvalue weighted by atomic mass is 16.5. The largest absolute Gasteiger partial charge is 0.484 e. The molecule has 2 amide bonds. The zero-order chi connectivity index (χ0) is 18.9. The van der Waals surface area contributed by atoms with E-state index in [0.29, 0.717) is 17.9 Å². The van der Waals surface area contributed by atoms with Crippen molar-refractivity contribution in [2.24, 2.45) is 0 Å². The highest BCUT2D eigenvalue weighted by Gasteiger charge is 2.24. The van der Waals surface area contributed by atoms with Crippen LogP contribution in [0.15, 0.2) is 42.5 Å². The number of anilines is 2. The predicted molar refractivity (Wildman–Crippen MR) is 103 cm³/mol. The van der Waals surface area contributed by atoms with E-state index in [1.807, 2.05) is 36.4 Å². The van der Waals surface area contributed by atoms with Gasteiger partial charge in [0.1, 0.15) is 5.75 Å². The molecule has 0 saturated heterocycles. The van der Waals surface area contributed by atoms with E-state index < -0.39 is 0 Å². The Morgan fingerprint density at radius 3 is 2.50 bits per heavy atom. The maximum absolute atomic E-state index is 12.1. The third kappa shape index (κ3) is 3.87. The van der Waals surface area contributed by atoms with Gasteiger partial charge in [-0.05, 0) is 46.9 Å². The minimum Gasteiger partial charge on any atom is -0.484 e. The summed E-state index contributed by atoms with van der Waals surface area (Å²) in [5.74, 6) is 0.488. The van der Waals surface area contributed by atoms with Crippen LogP contribution in [0.4, 0.5) is 11.4 Å². The fraction of sp³-hybridized carbons (Fsp3) is 0.333. The van der Waals surface area contributed by atoms with Crippen molar-refractivity contribution in [3.8, 4) is 5.75 Å². The van der Waals surface area contributed by atoms with Gasteiger partial charge in [-0.15, -0.1) is 0 Å². The second-order valence-electron chi connectivity index (χ2n) is 7.58. The van der Waals surface area contributed by atoms with Gasteiger partial charge in [-0.25, -0.2) is 0 Å². The number of benzene rings is 2. The molecule has 0 aromatic heterocycles. The number of likely N-dealkylation sites (N-methyl/N-ethyl adjacent to an activating group) is 1. The quantitative estimate of drug-likeness (QED) is 0.916. The average molecular weight is 352 g/mol. The lowest BCUT2D eigenvalue weighted by Gasteiger charge is -2.19. The third-order valence-corrected chi connectivity index (χ3v) is 4.53. The van der Waals surface area contributed by atoms with Crippen LogP contribution in [0.5, 0.6) is 5.75 Å². The maximum atomic E-state index is 12.1. The number of fused-ring (bicyclic) bond motifs is 1. The zero-order valence-electron chi connectivity index (χ0n) is 15.6. The summed E-state index contributed by atoms with van der Waals surface area (Å²) < 4.78 is 5.56. The smallest absolute Gasteiger partial charge is 0.262 e. The molecule has 2 aromatic carbocycles. The molecule has 5 heteroatoms. The number of nitrogens with one attached hydrogen (secondary N) is 1. The van der Waals surface area contributed by atoms with E-state index in [1.54, 1.807) is 18.0 Å². The first-order chi connectivity index (χ1) is 12.2. The predicted octanol–water partition coefficient (Wildman–Crippen LogP) is 3.52. The Balaban J connectivity index is 1.57. The van der Waals surface area contributed by atoms with Gasteiger partial charge in [0.05, 0.1) is 6.42 Å². The van der Waals surface area contributed by atoms with Crippen molar-refractivity contribution in [1.29, 1.82) is 0 Å². The Hall–Kier alpha value is -2.82. The van der Waals surface area contributed by atoms with Crippen molar-refractivity contribution in [2.75, 3.05) is 23.9 Å². The Labute approximate surface area is 154 Å². The normalized spacial score (nSPS) is 13.5. The van der Waals surface area contributed by atoms with Crippen LogP contribution in [0.3, 0.4) is 0 Å². The van der Waals surface area contributed by atoms with Crippen LogP contribution < -0.4 is 15.0 Å². The Morgan fingerprint density at radius 1 is 1.15 bits per heavy atom. The second kappa shape index (κ2) is 6.83. The maximum Gasteiger partial charge on any atom is 0.262 e. The van der Waals surface area contributed by atoms with Crippen molar-refractivity contribution in [2.45, 2.75) is 32.6 Å². The van der Waals surface area contributed by atoms with E-state index in [2.05, 4.69) is 26.1 Å². The van der Waals surface area contributed by atoms with Gasteiger partial charge in [0.2, 0.25) is 5.91 Å². The van der Waals surface area contributed by atoms with Gasteiger partial charge < -0.3 is 15.0 Å². The van der Waals surface area contributed by atoms with E-state index >= 15 is 0 Å². The summed E-state index contributed by atoms with van der Waals surface area (Å²) in [7, 11) is 1.76. The molecule has 26 heavy (non-hydrogen) atoms. The minimum atomic E-state index is -0.234. The second-order valence-corrected chi connectivity index (χ2v) is 7.58. The van der Waals surface area contributed by atoms with Gasteiger partial charge in [-0.3, -0.25) is 9.59 Å². The minimum absolute atomic E-state index is 0.0607. The van der Waals surface area contributed by atoms with E-state index in [-0.39, 0.29) is 23.8 Å². The topological polar surface area (TPSA) is 58.6 Å². The molecule has 2 aromatic rings. The highest BCUT2D eigenvalue weighted by Crippen LogP contribution is 2.30. The summed E-state index contributed by atoms with van der Waals surface area (Å²) >= 11 is 0. The van der Waals surface area contributed by atoms with Gasteiger partial charge in [-0.2, -0.15) is 0 Å². The van der Waals surface area contributed by atoms with E-state index in [9.17, 15) is 9.59 Å². The van der Waals surface area contributed by atoms with Crippen LogP contribution in [0.1, 0.15) is 31.9 Å². The Kier molecular flexibility index (Phi) is 4.72. The lowest BCUT2D eigenvalue weighted by atomic mass is 9.87. The van der Waals surface area contributed by atoms with Crippen LogP contribution in [-0.2, 0) is 21.4 Å². The molecule has 1 heterocycles. The molecular weight excluding hydrogens is 328 g/mol. The molecule has 0 bridgehead atoms. The number of rotatable bonds is 4. The first-order valence-corrected chi connectivity index (χ1v) is 8.67. The Morgan fingerprint density at radius 2 is 1.85 bits per heavy atom. The summed E-state index contributed by atoms with van der Waals surface area (Å²) in [4.78, 5) is 25.5. The first kappa shape index (κ1) is 18.0. The highest BCUT2D eigenvalue weighted by molar-refractivity contribution is 6.02. The average Bonchev–Trinajstić information content (AvgIpc) is 2.86. The van der Waals surface area contributed by atoms with Crippen molar-refractivity contribution >= 4 is 23.2 Å². The van der Waals surface area contributed by atoms with Crippen molar-refractivity contribution in [1.82, 2.24) is 0 Å². The molecule has 136 valence electrons. The third-order valence-electron chi connectivity index (χ3n) is 4.53. The molecule has 1 aliphatic heterocycles. The lowest BCUT2D eigenvalue weighted by molar-refractivity contribution is -0.118. The van der Waals surface area contributed by atoms with Crippen LogP contribution in [0.2, 0.25) is 0 Å². The number of hydrogen-bond donors (Lipinski definition) is 1. The van der Waals surface area contributed by atoms with Gasteiger partial charge in [0.15, 0.2) is 6.61 Å². The molecule has 0 fully saturated rings. The standard InChI is InChI=1S/C21H24N2O3/c1-21(2,3)15-5-8-17(9-6-15)26-13-19(24)22-16-7-10-18-14(11-16)12-20(25)23(18)4/h5-11H,12-13H2,1-4H3,(H,22,24). The number of carbonyl (C=O) groups excluding carboxylic acids is 2. The summed E-state index contributed by atoms with van der Waals surface area (Å²) in [6, 6.07) is 13.3. The van der Waals surface area contributed by atoms with Gasteiger partial charge >= 0.3 is 0 Å². The van der Waals surface area contributed by atoms with Crippen molar-refractivity contribution < 1.29 is 14.3 Å². The van der Waals surface area contributed by atoms with Crippen molar-refractivity contribution in [3.63, 3.8) is 0 Å². The molecule has 1 aliphatic rings. The molecule has 0 atom stereocenters. The number of carbonyl (C=O) groups is 2. The summed E-state index contributed by atoms with van der Waals surface area (Å²) in [5.41, 5.74) is 3.78. The van der Waals surface area contributed by atoms with Gasteiger partial charge in [0, 0.05) is 18.4 Å². The van der Waals surface area contributed by atoms with Crippen LogP contribution in [-0.4, -0.2) is 25.5 Å².